The van der Waals surface area contributed by atoms with Crippen molar-refractivity contribution in [2.45, 2.75) is 13.0 Å². The minimum Gasteiger partial charge on any atom is -0.378 e. The molecular weight excluding hydrogens is 350 g/mol. The van der Waals surface area contributed by atoms with Crippen LogP contribution < -0.4 is 11.1 Å². The van der Waals surface area contributed by atoms with Gasteiger partial charge in [0.15, 0.2) is 0 Å². The number of nitrogens with two attached hydrogens (primary N) is 1. The fourth-order valence-electron chi connectivity index (χ4n) is 2.38. The van der Waals surface area contributed by atoms with E-state index in [0.29, 0.717) is 39.6 Å². The Labute approximate surface area is 159 Å². The van der Waals surface area contributed by atoms with Gasteiger partial charge in [-0.05, 0) is 25.1 Å². The van der Waals surface area contributed by atoms with Crippen LogP contribution in [-0.2, 0) is 14.2 Å². The first-order valence-electron chi connectivity index (χ1n) is 8.86. The first kappa shape index (κ1) is 21.0. The van der Waals surface area contributed by atoms with Crippen LogP contribution in [0.15, 0.2) is 29.8 Å². The fraction of sp³-hybridized carbons (Fsp3) is 0.526. The normalized spacial score (nSPS) is 12.4. The van der Waals surface area contributed by atoms with Crippen LogP contribution in [0.25, 0.3) is 10.4 Å². The highest BCUT2D eigenvalue weighted by atomic mass is 32.1. The molecule has 7 heteroatoms. The number of aromatic nitrogens is 1. The second-order valence-electron chi connectivity index (χ2n) is 5.90. The van der Waals surface area contributed by atoms with Gasteiger partial charge in [0.1, 0.15) is 0 Å². The molecular formula is C19H29N3O3S. The van der Waals surface area contributed by atoms with E-state index in [4.69, 9.17) is 19.9 Å². The molecule has 0 saturated carbocycles. The number of hydrogen-bond acceptors (Lipinski definition) is 7. The third-order valence-corrected chi connectivity index (χ3v) is 4.86. The van der Waals surface area contributed by atoms with Gasteiger partial charge in [0.2, 0.25) is 0 Å². The highest BCUT2D eigenvalue weighted by Gasteiger charge is 2.08. The Morgan fingerprint density at radius 3 is 2.31 bits per heavy atom. The van der Waals surface area contributed by atoms with Crippen molar-refractivity contribution in [2.75, 3.05) is 53.2 Å². The van der Waals surface area contributed by atoms with E-state index in [1.54, 1.807) is 11.3 Å². The zero-order valence-corrected chi connectivity index (χ0v) is 16.4. The Kier molecular flexibility index (Phi) is 9.76. The number of thiazole rings is 1. The average molecular weight is 380 g/mol. The molecule has 144 valence electrons. The summed E-state index contributed by atoms with van der Waals surface area (Å²) in [7, 11) is 1.90. The van der Waals surface area contributed by atoms with Gasteiger partial charge in [-0.3, -0.25) is 0 Å². The summed E-state index contributed by atoms with van der Waals surface area (Å²) >= 11 is 1.65. The van der Waals surface area contributed by atoms with E-state index in [0.717, 1.165) is 17.8 Å². The van der Waals surface area contributed by atoms with Gasteiger partial charge in [0.25, 0.3) is 0 Å². The maximum absolute atomic E-state index is 6.20. The summed E-state index contributed by atoms with van der Waals surface area (Å²) in [5, 5.41) is 3.02. The minimum atomic E-state index is -0.142. The van der Waals surface area contributed by atoms with Gasteiger partial charge in [-0.25, -0.2) is 4.98 Å². The third kappa shape index (κ3) is 7.11. The molecule has 0 aliphatic rings. The summed E-state index contributed by atoms with van der Waals surface area (Å²) in [4.78, 5) is 5.49. The Bertz CT molecular complexity index is 619. The second kappa shape index (κ2) is 12.1. The lowest BCUT2D eigenvalue weighted by Gasteiger charge is -2.13. The Hall–Kier alpha value is -1.35. The smallest absolute Gasteiger partial charge is 0.0801 e. The van der Waals surface area contributed by atoms with Crippen molar-refractivity contribution < 1.29 is 14.2 Å². The van der Waals surface area contributed by atoms with Crippen molar-refractivity contribution in [1.82, 2.24) is 10.3 Å². The fourth-order valence-corrected chi connectivity index (χ4v) is 3.19. The van der Waals surface area contributed by atoms with Crippen molar-refractivity contribution >= 4 is 11.3 Å². The lowest BCUT2D eigenvalue weighted by molar-refractivity contribution is 0.0127. The minimum absolute atomic E-state index is 0.142. The number of hydrogen-bond donors (Lipinski definition) is 2. The molecule has 1 heterocycles. The van der Waals surface area contributed by atoms with E-state index in [2.05, 4.69) is 34.6 Å². The highest BCUT2D eigenvalue weighted by Crippen LogP contribution is 2.27. The van der Waals surface area contributed by atoms with Gasteiger partial charge in [-0.2, -0.15) is 0 Å². The van der Waals surface area contributed by atoms with Crippen LogP contribution >= 0.6 is 11.3 Å². The Balaban J connectivity index is 1.60. The molecule has 1 atom stereocenters. The molecule has 0 amide bonds. The summed E-state index contributed by atoms with van der Waals surface area (Å²) in [6, 6.07) is 8.15. The van der Waals surface area contributed by atoms with Crippen molar-refractivity contribution in [1.29, 1.82) is 0 Å². The summed E-state index contributed by atoms with van der Waals surface area (Å²) in [6.45, 7) is 6.31. The van der Waals surface area contributed by atoms with Crippen LogP contribution in [0.5, 0.6) is 0 Å². The van der Waals surface area contributed by atoms with Crippen LogP contribution in [0.3, 0.4) is 0 Å². The third-order valence-electron chi connectivity index (χ3n) is 3.88. The maximum atomic E-state index is 6.20. The summed E-state index contributed by atoms with van der Waals surface area (Å²) in [6.07, 6.45) is 0. The molecule has 0 saturated heterocycles. The summed E-state index contributed by atoms with van der Waals surface area (Å²) in [5.74, 6) is 0. The lowest BCUT2D eigenvalue weighted by atomic mass is 10.0. The molecule has 0 aliphatic heterocycles. The Morgan fingerprint density at radius 2 is 1.69 bits per heavy atom. The number of rotatable bonds is 13. The molecule has 26 heavy (non-hydrogen) atoms. The van der Waals surface area contributed by atoms with Gasteiger partial charge < -0.3 is 25.3 Å². The Morgan fingerprint density at radius 1 is 1.04 bits per heavy atom. The molecule has 3 N–H and O–H groups in total. The predicted octanol–water partition coefficient (Wildman–Crippen LogP) is 2.39. The van der Waals surface area contributed by atoms with Gasteiger partial charge in [-0.15, -0.1) is 11.3 Å². The lowest BCUT2D eigenvalue weighted by Crippen LogP contribution is -2.19. The highest BCUT2D eigenvalue weighted by molar-refractivity contribution is 7.13. The quantitative estimate of drug-likeness (QED) is 0.520. The molecule has 0 fully saturated rings. The number of nitrogens with one attached hydrogen (secondary N) is 1. The van der Waals surface area contributed by atoms with Gasteiger partial charge in [0.05, 0.1) is 61.8 Å². The molecule has 0 radical (unpaired) electrons. The standard InChI is InChI=1S/C19H29N3O3S/c1-15-19(26-14-22-15)17-5-3-16(4-6-17)18(20)13-25-12-11-24-10-9-23-8-7-21-2/h3-6,14,18,21H,7-13,20H2,1-2H3/t18-/m0/s1. The van der Waals surface area contributed by atoms with Crippen LogP contribution in [-0.4, -0.2) is 58.2 Å². The number of ether oxygens (including phenoxy) is 3. The average Bonchev–Trinajstić information content (AvgIpc) is 3.09. The van der Waals surface area contributed by atoms with Gasteiger partial charge in [-0.1, -0.05) is 24.3 Å². The van der Waals surface area contributed by atoms with E-state index >= 15 is 0 Å². The van der Waals surface area contributed by atoms with Gasteiger partial charge >= 0.3 is 0 Å². The first-order valence-corrected chi connectivity index (χ1v) is 9.74. The maximum Gasteiger partial charge on any atom is 0.0801 e. The van der Waals surface area contributed by atoms with Crippen molar-refractivity contribution in [3.05, 3.63) is 41.0 Å². The van der Waals surface area contributed by atoms with Crippen LogP contribution in [0.1, 0.15) is 17.3 Å². The second-order valence-corrected chi connectivity index (χ2v) is 6.75. The topological polar surface area (TPSA) is 78.6 Å². The largest absolute Gasteiger partial charge is 0.378 e. The summed E-state index contributed by atoms with van der Waals surface area (Å²) in [5.41, 5.74) is 11.4. The van der Waals surface area contributed by atoms with Crippen molar-refractivity contribution in [3.8, 4) is 10.4 Å². The van der Waals surface area contributed by atoms with E-state index in [-0.39, 0.29) is 6.04 Å². The van der Waals surface area contributed by atoms with Crippen molar-refractivity contribution in [3.63, 3.8) is 0 Å². The van der Waals surface area contributed by atoms with Crippen LogP contribution in [0.2, 0.25) is 0 Å². The molecule has 1 aromatic carbocycles. The molecule has 6 nitrogen and oxygen atoms in total. The number of aryl methyl sites for hydroxylation is 1. The molecule has 2 aromatic rings. The van der Waals surface area contributed by atoms with E-state index in [1.165, 1.54) is 10.4 Å². The molecule has 1 aromatic heterocycles. The molecule has 2 rings (SSSR count). The zero-order valence-electron chi connectivity index (χ0n) is 15.6. The van der Waals surface area contributed by atoms with Crippen LogP contribution in [0.4, 0.5) is 0 Å². The number of nitrogens with zero attached hydrogens (tertiary/aromatic N) is 1. The molecule has 0 unspecified atom stereocenters. The number of likely N-dealkylation sites (N-methyl/N-ethyl adjacent to an activating group) is 1. The SMILES string of the molecule is CNCCOCCOCCOC[C@H](N)c1ccc(-c2scnc2C)cc1. The van der Waals surface area contributed by atoms with Crippen molar-refractivity contribution in [2.24, 2.45) is 5.73 Å². The molecule has 0 spiro atoms. The van der Waals surface area contributed by atoms with Crippen LogP contribution in [0, 0.1) is 6.92 Å². The number of benzene rings is 1. The van der Waals surface area contributed by atoms with E-state index < -0.39 is 0 Å². The monoisotopic (exact) mass is 379 g/mol. The van der Waals surface area contributed by atoms with E-state index in [9.17, 15) is 0 Å². The van der Waals surface area contributed by atoms with E-state index in [1.807, 2.05) is 19.5 Å². The predicted molar refractivity (Wildman–Crippen MR) is 106 cm³/mol. The first-order chi connectivity index (χ1) is 12.7. The molecule has 0 aliphatic carbocycles. The zero-order chi connectivity index (χ0) is 18.6. The van der Waals surface area contributed by atoms with Gasteiger partial charge in [0, 0.05) is 6.54 Å². The molecule has 0 bridgehead atoms. The summed E-state index contributed by atoms with van der Waals surface area (Å²) < 4.78 is 16.4.